The number of anilines is 1. The number of rotatable bonds is 6. The van der Waals surface area contributed by atoms with Crippen molar-refractivity contribution in [2.75, 3.05) is 5.32 Å². The smallest absolute Gasteiger partial charge is 0.236 e. The average Bonchev–Trinajstić information content (AvgIpc) is 3.41. The van der Waals surface area contributed by atoms with Gasteiger partial charge >= 0.3 is 0 Å². The van der Waals surface area contributed by atoms with Gasteiger partial charge < -0.3 is 9.73 Å². The Morgan fingerprint density at radius 1 is 1.32 bits per heavy atom. The molecular weight excluding hydrogens is 394 g/mol. The average molecular weight is 412 g/mol. The van der Waals surface area contributed by atoms with Gasteiger partial charge in [-0.2, -0.15) is 0 Å². The topological polar surface area (TPSA) is 85.8 Å². The molecule has 9 heteroatoms. The highest BCUT2D eigenvalue weighted by atomic mass is 32.2. The Kier molecular flexibility index (Phi) is 5.27. The van der Waals surface area contributed by atoms with Gasteiger partial charge in [-0.15, -0.1) is 21.5 Å². The fraction of sp³-hybridized carbons (Fsp3) is 0.158. The van der Waals surface area contributed by atoms with Crippen LogP contribution >= 0.6 is 23.1 Å². The zero-order valence-electron chi connectivity index (χ0n) is 15.2. The molecule has 0 unspecified atom stereocenters. The van der Waals surface area contributed by atoms with Gasteiger partial charge in [0.15, 0.2) is 5.16 Å². The van der Waals surface area contributed by atoms with Crippen LogP contribution in [0.25, 0.3) is 16.5 Å². The van der Waals surface area contributed by atoms with Crippen LogP contribution in [-0.2, 0) is 10.5 Å². The summed E-state index contributed by atoms with van der Waals surface area (Å²) in [5.41, 5.74) is 2.48. The standard InChI is InChI=1S/C19H17N5O2S2/c1-12-16(22-18(26-12)17-7-4-8-27-17)10-28-19-23-20-11-24(19)15-6-3-5-14(9-15)21-13(2)25/h3-9,11H,10H2,1-2H3,(H,21,25). The number of thiophene rings is 1. The molecule has 7 nitrogen and oxygen atoms in total. The summed E-state index contributed by atoms with van der Waals surface area (Å²) in [5.74, 6) is 1.95. The van der Waals surface area contributed by atoms with Crippen molar-refractivity contribution >= 4 is 34.7 Å². The molecule has 1 N–H and O–H groups in total. The van der Waals surface area contributed by atoms with Crippen molar-refractivity contribution in [1.29, 1.82) is 0 Å². The van der Waals surface area contributed by atoms with E-state index < -0.39 is 0 Å². The van der Waals surface area contributed by atoms with E-state index in [9.17, 15) is 4.79 Å². The van der Waals surface area contributed by atoms with Gasteiger partial charge in [0.1, 0.15) is 12.1 Å². The van der Waals surface area contributed by atoms with E-state index in [1.165, 1.54) is 18.7 Å². The maximum Gasteiger partial charge on any atom is 0.236 e. The first-order valence-corrected chi connectivity index (χ1v) is 10.4. The van der Waals surface area contributed by atoms with E-state index in [2.05, 4.69) is 20.5 Å². The molecule has 3 aromatic heterocycles. The number of hydrogen-bond acceptors (Lipinski definition) is 7. The van der Waals surface area contributed by atoms with E-state index in [-0.39, 0.29) is 5.91 Å². The predicted octanol–water partition coefficient (Wildman–Crippen LogP) is 4.54. The Morgan fingerprint density at radius 2 is 2.21 bits per heavy atom. The molecule has 28 heavy (non-hydrogen) atoms. The summed E-state index contributed by atoms with van der Waals surface area (Å²) in [6, 6.07) is 11.5. The highest BCUT2D eigenvalue weighted by molar-refractivity contribution is 7.98. The molecule has 0 aliphatic carbocycles. The summed E-state index contributed by atoms with van der Waals surface area (Å²) in [6.07, 6.45) is 1.65. The predicted molar refractivity (Wildman–Crippen MR) is 110 cm³/mol. The van der Waals surface area contributed by atoms with Gasteiger partial charge in [0.05, 0.1) is 16.3 Å². The number of nitrogens with one attached hydrogen (secondary N) is 1. The van der Waals surface area contributed by atoms with Crippen molar-refractivity contribution in [3.05, 3.63) is 59.6 Å². The number of hydrogen-bond donors (Lipinski definition) is 1. The van der Waals surface area contributed by atoms with Crippen LogP contribution in [0.5, 0.6) is 0 Å². The lowest BCUT2D eigenvalue weighted by molar-refractivity contribution is -0.114. The van der Waals surface area contributed by atoms with Gasteiger partial charge in [0.25, 0.3) is 0 Å². The quantitative estimate of drug-likeness (QED) is 0.469. The molecule has 0 atom stereocenters. The minimum Gasteiger partial charge on any atom is -0.440 e. The summed E-state index contributed by atoms with van der Waals surface area (Å²) in [4.78, 5) is 16.9. The summed E-state index contributed by atoms with van der Waals surface area (Å²) < 4.78 is 7.68. The summed E-state index contributed by atoms with van der Waals surface area (Å²) >= 11 is 3.13. The largest absolute Gasteiger partial charge is 0.440 e. The lowest BCUT2D eigenvalue weighted by atomic mass is 10.2. The Morgan fingerprint density at radius 3 is 3.00 bits per heavy atom. The number of nitrogens with zero attached hydrogens (tertiary/aromatic N) is 4. The van der Waals surface area contributed by atoms with E-state index in [4.69, 9.17) is 4.42 Å². The van der Waals surface area contributed by atoms with Crippen LogP contribution in [0.15, 0.2) is 57.7 Å². The van der Waals surface area contributed by atoms with Gasteiger partial charge in [-0.05, 0) is 36.6 Å². The Hall–Kier alpha value is -2.91. The maximum absolute atomic E-state index is 11.3. The second kappa shape index (κ2) is 7.99. The lowest BCUT2D eigenvalue weighted by Crippen LogP contribution is -2.06. The molecule has 0 fully saturated rings. The van der Waals surface area contributed by atoms with Crippen LogP contribution in [0.1, 0.15) is 18.4 Å². The molecule has 0 spiro atoms. The minimum atomic E-state index is -0.112. The van der Waals surface area contributed by atoms with E-state index in [0.29, 0.717) is 11.6 Å². The van der Waals surface area contributed by atoms with Crippen LogP contribution in [0, 0.1) is 6.92 Å². The van der Waals surface area contributed by atoms with Crippen LogP contribution in [-0.4, -0.2) is 25.7 Å². The first-order chi connectivity index (χ1) is 13.6. The molecule has 4 aromatic rings. The van der Waals surface area contributed by atoms with E-state index in [0.717, 1.165) is 32.9 Å². The zero-order chi connectivity index (χ0) is 19.5. The van der Waals surface area contributed by atoms with Gasteiger partial charge in [-0.3, -0.25) is 9.36 Å². The molecule has 0 saturated carbocycles. The van der Waals surface area contributed by atoms with Gasteiger partial charge in [-0.1, -0.05) is 23.9 Å². The molecule has 3 heterocycles. The molecule has 4 rings (SSSR count). The second-order valence-electron chi connectivity index (χ2n) is 6.00. The molecule has 0 aliphatic heterocycles. The molecule has 1 aromatic carbocycles. The van der Waals surface area contributed by atoms with Crippen molar-refractivity contribution in [2.45, 2.75) is 24.8 Å². The highest BCUT2D eigenvalue weighted by Crippen LogP contribution is 2.30. The third-order valence-corrected chi connectivity index (χ3v) is 5.74. The van der Waals surface area contributed by atoms with Crippen LogP contribution < -0.4 is 5.32 Å². The SMILES string of the molecule is CC(=O)Nc1cccc(-n2cnnc2SCc2nc(-c3cccs3)oc2C)c1. The van der Waals surface area contributed by atoms with E-state index >= 15 is 0 Å². The first kappa shape index (κ1) is 18.5. The van der Waals surface area contributed by atoms with Crippen molar-refractivity contribution in [3.63, 3.8) is 0 Å². The van der Waals surface area contributed by atoms with Crippen LogP contribution in [0.3, 0.4) is 0 Å². The van der Waals surface area contributed by atoms with Crippen LogP contribution in [0.4, 0.5) is 5.69 Å². The summed E-state index contributed by atoms with van der Waals surface area (Å²) in [7, 11) is 0. The monoisotopic (exact) mass is 411 g/mol. The number of thioether (sulfide) groups is 1. The molecule has 0 bridgehead atoms. The Balaban J connectivity index is 1.52. The Labute approximate surface area is 169 Å². The van der Waals surface area contributed by atoms with Crippen molar-refractivity contribution in [1.82, 2.24) is 19.7 Å². The van der Waals surface area contributed by atoms with E-state index in [1.54, 1.807) is 17.7 Å². The molecule has 142 valence electrons. The highest BCUT2D eigenvalue weighted by Gasteiger charge is 2.15. The van der Waals surface area contributed by atoms with Crippen molar-refractivity contribution < 1.29 is 9.21 Å². The third-order valence-electron chi connectivity index (χ3n) is 3.92. The van der Waals surface area contributed by atoms with Gasteiger partial charge in [0.2, 0.25) is 11.8 Å². The number of amides is 1. The normalized spacial score (nSPS) is 10.9. The summed E-state index contributed by atoms with van der Waals surface area (Å²) in [5, 5.41) is 13.8. The second-order valence-corrected chi connectivity index (χ2v) is 7.89. The lowest BCUT2D eigenvalue weighted by Gasteiger charge is -2.08. The maximum atomic E-state index is 11.3. The molecule has 1 amide bonds. The number of carbonyl (C=O) groups is 1. The fourth-order valence-corrected chi connectivity index (χ4v) is 4.22. The molecule has 0 aliphatic rings. The van der Waals surface area contributed by atoms with Crippen molar-refractivity contribution in [2.24, 2.45) is 0 Å². The van der Waals surface area contributed by atoms with Gasteiger partial charge in [0, 0.05) is 18.4 Å². The van der Waals surface area contributed by atoms with Crippen molar-refractivity contribution in [3.8, 4) is 16.5 Å². The number of carbonyl (C=O) groups excluding carboxylic acids is 1. The third kappa shape index (κ3) is 4.00. The van der Waals surface area contributed by atoms with Gasteiger partial charge in [-0.25, -0.2) is 4.98 Å². The number of benzene rings is 1. The molecule has 0 saturated heterocycles. The minimum absolute atomic E-state index is 0.112. The number of oxazole rings is 1. The Bertz CT molecular complexity index is 1100. The fourth-order valence-electron chi connectivity index (χ4n) is 2.64. The molecular formula is C19H17N5O2S2. The van der Waals surface area contributed by atoms with Crippen LogP contribution in [0.2, 0.25) is 0 Å². The number of aromatic nitrogens is 4. The number of aryl methyl sites for hydroxylation is 1. The summed E-state index contributed by atoms with van der Waals surface area (Å²) in [6.45, 7) is 3.40. The zero-order valence-corrected chi connectivity index (χ0v) is 16.9. The van der Waals surface area contributed by atoms with E-state index in [1.807, 2.05) is 53.3 Å². The molecule has 0 radical (unpaired) electrons. The first-order valence-electron chi connectivity index (χ1n) is 8.51.